The molecule has 2 rings (SSSR count). The zero-order valence-corrected chi connectivity index (χ0v) is 11.6. The maximum absolute atomic E-state index is 5.63. The largest absolute Gasteiger partial charge is 0.293 e. The van der Waals surface area contributed by atoms with E-state index in [0.29, 0.717) is 6.04 Å². The van der Waals surface area contributed by atoms with Crippen molar-refractivity contribution in [3.8, 4) is 0 Å². The summed E-state index contributed by atoms with van der Waals surface area (Å²) in [4.78, 5) is 5.63. The molecular weight excluding hydrogens is 222 g/mol. The third-order valence-electron chi connectivity index (χ3n) is 3.48. The smallest absolute Gasteiger partial charge is 0.106 e. The summed E-state index contributed by atoms with van der Waals surface area (Å²) in [6, 6.07) is 9.18. The lowest BCUT2D eigenvalue weighted by atomic mass is 9.86. The number of benzene rings is 1. The lowest BCUT2D eigenvalue weighted by Crippen LogP contribution is -2.18. The zero-order valence-electron chi connectivity index (χ0n) is 11.6. The molecule has 0 unspecified atom stereocenters. The highest BCUT2D eigenvalue weighted by molar-refractivity contribution is 5.29. The van der Waals surface area contributed by atoms with Gasteiger partial charge in [-0.3, -0.25) is 4.84 Å². The molecule has 0 bridgehead atoms. The summed E-state index contributed by atoms with van der Waals surface area (Å²) in [5, 5.41) is 0. The average Bonchev–Trinajstić information content (AvgIpc) is 2.77. The highest BCUT2D eigenvalue weighted by Crippen LogP contribution is 2.30. The first-order valence-electron chi connectivity index (χ1n) is 6.63. The fourth-order valence-corrected chi connectivity index (χ4v) is 2.28. The third-order valence-corrected chi connectivity index (χ3v) is 3.48. The van der Waals surface area contributed by atoms with Crippen LogP contribution in [0.5, 0.6) is 0 Å². The predicted molar refractivity (Wildman–Crippen MR) is 75.3 cm³/mol. The van der Waals surface area contributed by atoms with Gasteiger partial charge in [0.1, 0.15) is 6.10 Å². The van der Waals surface area contributed by atoms with Gasteiger partial charge in [0, 0.05) is 6.04 Å². The Morgan fingerprint density at radius 1 is 1.33 bits per heavy atom. The van der Waals surface area contributed by atoms with E-state index < -0.39 is 0 Å². The van der Waals surface area contributed by atoms with E-state index in [4.69, 9.17) is 4.84 Å². The lowest BCUT2D eigenvalue weighted by Gasteiger charge is -2.19. The van der Waals surface area contributed by atoms with Gasteiger partial charge in [-0.2, -0.15) is 5.48 Å². The van der Waals surface area contributed by atoms with E-state index >= 15 is 0 Å². The molecule has 0 aliphatic carbocycles. The molecule has 1 aromatic carbocycles. The molecule has 18 heavy (non-hydrogen) atoms. The monoisotopic (exact) mass is 245 g/mol. The van der Waals surface area contributed by atoms with Gasteiger partial charge in [-0.15, -0.1) is 6.58 Å². The molecule has 2 atom stereocenters. The van der Waals surface area contributed by atoms with Crippen molar-refractivity contribution in [3.05, 3.63) is 48.0 Å². The van der Waals surface area contributed by atoms with Crippen molar-refractivity contribution in [3.63, 3.8) is 0 Å². The Morgan fingerprint density at radius 2 is 2.00 bits per heavy atom. The van der Waals surface area contributed by atoms with Crippen LogP contribution in [0.1, 0.15) is 50.8 Å². The summed E-state index contributed by atoms with van der Waals surface area (Å²) in [6.45, 7) is 10.5. The van der Waals surface area contributed by atoms with E-state index in [9.17, 15) is 0 Å². The maximum atomic E-state index is 5.63. The van der Waals surface area contributed by atoms with Crippen LogP contribution in [0.25, 0.3) is 0 Å². The van der Waals surface area contributed by atoms with Crippen molar-refractivity contribution in [2.24, 2.45) is 0 Å². The van der Waals surface area contributed by atoms with Gasteiger partial charge in [-0.05, 0) is 29.4 Å². The van der Waals surface area contributed by atoms with Gasteiger partial charge < -0.3 is 0 Å². The molecular formula is C16H23NO. The minimum atomic E-state index is 0.170. The van der Waals surface area contributed by atoms with Crippen LogP contribution in [-0.2, 0) is 10.3 Å². The van der Waals surface area contributed by atoms with Crippen molar-refractivity contribution in [1.82, 2.24) is 5.48 Å². The first-order valence-corrected chi connectivity index (χ1v) is 6.63. The molecule has 1 fully saturated rings. The molecule has 0 aromatic heterocycles. The molecule has 98 valence electrons. The summed E-state index contributed by atoms with van der Waals surface area (Å²) in [5.74, 6) is 0. The number of hydrogen-bond acceptors (Lipinski definition) is 2. The van der Waals surface area contributed by atoms with E-state index in [1.807, 2.05) is 6.08 Å². The molecule has 2 heteroatoms. The second-order valence-electron chi connectivity index (χ2n) is 6.05. The average molecular weight is 245 g/mol. The van der Waals surface area contributed by atoms with Gasteiger partial charge in [0.2, 0.25) is 0 Å². The van der Waals surface area contributed by atoms with E-state index in [1.165, 1.54) is 11.1 Å². The van der Waals surface area contributed by atoms with Gasteiger partial charge in [0.05, 0.1) is 0 Å². The van der Waals surface area contributed by atoms with Crippen LogP contribution < -0.4 is 5.48 Å². The minimum absolute atomic E-state index is 0.170. The van der Waals surface area contributed by atoms with Crippen LogP contribution in [0.4, 0.5) is 0 Å². The fourth-order valence-electron chi connectivity index (χ4n) is 2.28. The molecule has 1 heterocycles. The van der Waals surface area contributed by atoms with Gasteiger partial charge in [-0.1, -0.05) is 51.1 Å². The molecule has 0 radical (unpaired) electrons. The van der Waals surface area contributed by atoms with Gasteiger partial charge in [-0.25, -0.2) is 0 Å². The van der Waals surface area contributed by atoms with E-state index in [0.717, 1.165) is 12.8 Å². The van der Waals surface area contributed by atoms with Crippen molar-refractivity contribution in [2.45, 2.75) is 51.2 Å². The van der Waals surface area contributed by atoms with Crippen molar-refractivity contribution in [2.75, 3.05) is 0 Å². The Morgan fingerprint density at radius 3 is 2.56 bits per heavy atom. The van der Waals surface area contributed by atoms with E-state index in [2.05, 4.69) is 57.1 Å². The van der Waals surface area contributed by atoms with Gasteiger partial charge >= 0.3 is 0 Å². The summed E-state index contributed by atoms with van der Waals surface area (Å²) in [5.41, 5.74) is 5.90. The Hall–Kier alpha value is -1.12. The molecule has 1 aromatic rings. The molecule has 1 N–H and O–H groups in total. The van der Waals surface area contributed by atoms with Crippen LogP contribution in [0.15, 0.2) is 36.9 Å². The highest BCUT2D eigenvalue weighted by atomic mass is 16.7. The standard InChI is InChI=1S/C16H23NO/c1-5-6-14-11-15(18-17-14)12-7-9-13(10-8-12)16(2,3)4/h5,7-10,14-15,17H,1,6,11H2,2-4H3/t14-,15+/m0/s1. The van der Waals surface area contributed by atoms with Crippen molar-refractivity contribution < 1.29 is 4.84 Å². The summed E-state index contributed by atoms with van der Waals surface area (Å²) >= 11 is 0. The highest BCUT2D eigenvalue weighted by Gasteiger charge is 2.26. The van der Waals surface area contributed by atoms with E-state index in [1.54, 1.807) is 0 Å². The normalized spacial score (nSPS) is 24.2. The van der Waals surface area contributed by atoms with Crippen LogP contribution >= 0.6 is 0 Å². The Labute approximate surface area is 110 Å². The first kappa shape index (κ1) is 13.3. The number of hydroxylamine groups is 1. The Bertz CT molecular complexity index is 402. The topological polar surface area (TPSA) is 21.3 Å². The minimum Gasteiger partial charge on any atom is -0.293 e. The number of rotatable bonds is 3. The summed E-state index contributed by atoms with van der Waals surface area (Å²) in [7, 11) is 0. The molecule has 1 saturated heterocycles. The van der Waals surface area contributed by atoms with Crippen LogP contribution in [0.2, 0.25) is 0 Å². The lowest BCUT2D eigenvalue weighted by molar-refractivity contribution is 0.0259. The fraction of sp³-hybridized carbons (Fsp3) is 0.500. The van der Waals surface area contributed by atoms with Crippen LogP contribution in [0.3, 0.4) is 0 Å². The molecule has 0 amide bonds. The molecule has 0 spiro atoms. The second kappa shape index (κ2) is 5.25. The Balaban J connectivity index is 2.05. The van der Waals surface area contributed by atoms with Gasteiger partial charge in [0.15, 0.2) is 0 Å². The summed E-state index contributed by atoms with van der Waals surface area (Å²) in [6.07, 6.45) is 4.08. The summed E-state index contributed by atoms with van der Waals surface area (Å²) < 4.78 is 0. The van der Waals surface area contributed by atoms with E-state index in [-0.39, 0.29) is 11.5 Å². The Kier molecular flexibility index (Phi) is 3.88. The van der Waals surface area contributed by atoms with Crippen molar-refractivity contribution in [1.29, 1.82) is 0 Å². The number of hydrogen-bond donors (Lipinski definition) is 1. The molecule has 1 aliphatic heterocycles. The number of nitrogens with one attached hydrogen (secondary N) is 1. The third kappa shape index (κ3) is 3.01. The SMILES string of the molecule is C=CC[C@H]1C[C@H](c2ccc(C(C)(C)C)cc2)ON1. The maximum Gasteiger partial charge on any atom is 0.106 e. The molecule has 0 saturated carbocycles. The van der Waals surface area contributed by atoms with Crippen LogP contribution in [-0.4, -0.2) is 6.04 Å². The zero-order chi connectivity index (χ0) is 13.2. The molecule has 2 nitrogen and oxygen atoms in total. The molecule has 1 aliphatic rings. The van der Waals surface area contributed by atoms with Gasteiger partial charge in [0.25, 0.3) is 0 Å². The predicted octanol–water partition coefficient (Wildman–Crippen LogP) is 3.89. The second-order valence-corrected chi connectivity index (χ2v) is 6.05. The quantitative estimate of drug-likeness (QED) is 0.816. The van der Waals surface area contributed by atoms with Crippen molar-refractivity contribution >= 4 is 0 Å². The van der Waals surface area contributed by atoms with Crippen LogP contribution in [0, 0.1) is 0 Å². The first-order chi connectivity index (χ1) is 8.50.